The second-order valence-electron chi connectivity index (χ2n) is 5.27. The molecule has 0 aliphatic carbocycles. The van der Waals surface area contributed by atoms with Crippen molar-refractivity contribution in [1.82, 2.24) is 0 Å². The van der Waals surface area contributed by atoms with E-state index < -0.39 is 17.2 Å². The maximum Gasteiger partial charge on any atom is 0.244 e. The lowest BCUT2D eigenvalue weighted by molar-refractivity contribution is -0.119. The van der Waals surface area contributed by atoms with Gasteiger partial charge in [0.05, 0.1) is 21.3 Å². The van der Waals surface area contributed by atoms with Gasteiger partial charge < -0.3 is 5.32 Å². The number of carbonyl (C=O) groups is 2. The molecular weight excluding hydrogens is 351 g/mol. The van der Waals surface area contributed by atoms with Crippen molar-refractivity contribution in [2.75, 3.05) is 5.32 Å². The first-order chi connectivity index (χ1) is 11.5. The van der Waals surface area contributed by atoms with Crippen LogP contribution in [0.4, 0.5) is 5.69 Å². The molecule has 1 unspecified atom stereocenters. The number of carbonyl (C=O) groups excluding carboxylic acids is 2. The lowest BCUT2D eigenvalue weighted by atomic mass is 9.80. The van der Waals surface area contributed by atoms with Gasteiger partial charge in [-0.3, -0.25) is 9.59 Å². The number of amides is 1. The van der Waals surface area contributed by atoms with Gasteiger partial charge in [-0.15, -0.1) is 0 Å². The quantitative estimate of drug-likeness (QED) is 0.379. The third-order valence-electron chi connectivity index (χ3n) is 3.84. The van der Waals surface area contributed by atoms with Gasteiger partial charge in [0.1, 0.15) is 0 Å². The van der Waals surface area contributed by atoms with Gasteiger partial charge in [-0.05, 0) is 23.2 Å². The third kappa shape index (κ3) is 2.51. The minimum absolute atomic E-state index is 0.0482. The van der Waals surface area contributed by atoms with Crippen LogP contribution in [-0.2, 0) is 11.2 Å². The smallest absolute Gasteiger partial charge is 0.244 e. The van der Waals surface area contributed by atoms with Gasteiger partial charge in [-0.1, -0.05) is 58.6 Å². The molecule has 120 valence electrons. The van der Waals surface area contributed by atoms with E-state index in [9.17, 15) is 9.59 Å². The Morgan fingerprint density at radius 3 is 2.42 bits per heavy atom. The summed E-state index contributed by atoms with van der Waals surface area (Å²) in [6.45, 7) is 0. The first kappa shape index (κ1) is 16.3. The van der Waals surface area contributed by atoms with Crippen LogP contribution in [0.25, 0.3) is 10.4 Å². The molecule has 0 fully saturated rings. The summed E-state index contributed by atoms with van der Waals surface area (Å²) in [4.78, 5) is 28.4. The van der Waals surface area contributed by atoms with Gasteiger partial charge in [0, 0.05) is 11.3 Å². The summed E-state index contributed by atoms with van der Waals surface area (Å²) in [7, 11) is 0. The van der Waals surface area contributed by atoms with Crippen molar-refractivity contribution in [2.24, 2.45) is 5.11 Å². The molecule has 0 bridgehead atoms. The fourth-order valence-electron chi connectivity index (χ4n) is 2.68. The minimum atomic E-state index is -1.95. The highest BCUT2D eigenvalue weighted by molar-refractivity contribution is 6.42. The molecule has 0 saturated heterocycles. The van der Waals surface area contributed by atoms with Crippen molar-refractivity contribution in [3.05, 3.63) is 74.1 Å². The van der Waals surface area contributed by atoms with Crippen LogP contribution < -0.4 is 5.32 Å². The van der Waals surface area contributed by atoms with Gasteiger partial charge in [0.2, 0.25) is 5.91 Å². The van der Waals surface area contributed by atoms with Gasteiger partial charge in [0.25, 0.3) is 0 Å². The van der Waals surface area contributed by atoms with E-state index in [2.05, 4.69) is 15.3 Å². The molecule has 0 radical (unpaired) electrons. The van der Waals surface area contributed by atoms with E-state index in [-0.39, 0.29) is 27.7 Å². The number of ketones is 1. The number of hydrogen-bond acceptors (Lipinski definition) is 3. The zero-order valence-electron chi connectivity index (χ0n) is 12.2. The summed E-state index contributed by atoms with van der Waals surface area (Å²) in [5.74, 6) is -1.40. The molecule has 1 aliphatic heterocycles. The van der Waals surface area contributed by atoms with Crippen LogP contribution in [0, 0.1) is 0 Å². The van der Waals surface area contributed by atoms with E-state index in [0.29, 0.717) is 5.56 Å². The molecule has 1 aliphatic rings. The number of benzene rings is 2. The van der Waals surface area contributed by atoms with Crippen molar-refractivity contribution >= 4 is 40.6 Å². The maximum absolute atomic E-state index is 13.0. The molecule has 1 amide bonds. The standard InChI is InChI=1S/C16H10Cl2N4O2/c17-10-6-7-11(18)13-12(10)14(23)16(21-22-19,15(24)20-13)8-9-4-2-1-3-5-9/h1-7H,8H2,(H,20,24). The van der Waals surface area contributed by atoms with Crippen LogP contribution >= 0.6 is 23.2 Å². The Hall–Kier alpha value is -2.53. The molecule has 1 N–H and O–H groups in total. The van der Waals surface area contributed by atoms with Crippen LogP contribution in [0.2, 0.25) is 10.0 Å². The number of nitrogens with one attached hydrogen (secondary N) is 1. The van der Waals surface area contributed by atoms with Gasteiger partial charge in [0.15, 0.2) is 11.3 Å². The molecule has 2 aromatic rings. The van der Waals surface area contributed by atoms with Crippen molar-refractivity contribution in [3.8, 4) is 0 Å². The molecular formula is C16H10Cl2N4O2. The molecule has 0 saturated carbocycles. The Kier molecular flexibility index (Phi) is 4.20. The van der Waals surface area contributed by atoms with Crippen molar-refractivity contribution in [2.45, 2.75) is 12.0 Å². The molecule has 0 aromatic heterocycles. The summed E-state index contributed by atoms with van der Waals surface area (Å²) < 4.78 is 0. The van der Waals surface area contributed by atoms with Crippen molar-refractivity contribution < 1.29 is 9.59 Å². The number of fused-ring (bicyclic) bond motifs is 1. The summed E-state index contributed by atoms with van der Waals surface area (Å²) >= 11 is 12.2. The van der Waals surface area contributed by atoms with E-state index in [1.165, 1.54) is 12.1 Å². The summed E-state index contributed by atoms with van der Waals surface area (Å²) in [6.07, 6.45) is -0.0785. The summed E-state index contributed by atoms with van der Waals surface area (Å²) in [5, 5.41) is 6.43. The topological polar surface area (TPSA) is 94.9 Å². The largest absolute Gasteiger partial charge is 0.323 e. The lowest BCUT2D eigenvalue weighted by Crippen LogP contribution is -2.53. The fraction of sp³-hybridized carbons (Fsp3) is 0.125. The first-order valence-electron chi connectivity index (χ1n) is 6.94. The Morgan fingerprint density at radius 1 is 1.08 bits per heavy atom. The van der Waals surface area contributed by atoms with E-state index in [1.807, 2.05) is 0 Å². The average molecular weight is 361 g/mol. The van der Waals surface area contributed by atoms with Gasteiger partial charge in [-0.25, -0.2) is 0 Å². The Labute approximate surface area is 147 Å². The fourth-order valence-corrected chi connectivity index (χ4v) is 3.13. The second kappa shape index (κ2) is 6.17. The summed E-state index contributed by atoms with van der Waals surface area (Å²) in [6, 6.07) is 11.8. The molecule has 24 heavy (non-hydrogen) atoms. The van der Waals surface area contributed by atoms with E-state index in [1.54, 1.807) is 30.3 Å². The lowest BCUT2D eigenvalue weighted by Gasteiger charge is -2.32. The molecule has 8 heteroatoms. The van der Waals surface area contributed by atoms with Crippen molar-refractivity contribution in [1.29, 1.82) is 0 Å². The normalized spacial score (nSPS) is 19.2. The average Bonchev–Trinajstić information content (AvgIpc) is 2.57. The predicted molar refractivity (Wildman–Crippen MR) is 91.4 cm³/mol. The van der Waals surface area contributed by atoms with Crippen molar-refractivity contribution in [3.63, 3.8) is 0 Å². The van der Waals surface area contributed by atoms with Crippen LogP contribution in [0.5, 0.6) is 0 Å². The second-order valence-corrected chi connectivity index (χ2v) is 6.09. The minimum Gasteiger partial charge on any atom is -0.323 e. The molecule has 1 heterocycles. The SMILES string of the molecule is [N-]=[N+]=NC1(Cc2ccccc2)C(=O)Nc2c(Cl)ccc(Cl)c2C1=O. The zero-order chi connectivity index (χ0) is 17.3. The zero-order valence-corrected chi connectivity index (χ0v) is 13.7. The first-order valence-corrected chi connectivity index (χ1v) is 7.69. The third-order valence-corrected chi connectivity index (χ3v) is 4.47. The van der Waals surface area contributed by atoms with Crippen LogP contribution in [0.15, 0.2) is 47.6 Å². The molecule has 3 rings (SSSR count). The number of rotatable bonds is 3. The number of Topliss-reactive ketones (excluding diaryl/α,β-unsaturated/α-hetero) is 1. The van der Waals surface area contributed by atoms with Crippen LogP contribution in [-0.4, -0.2) is 17.2 Å². The monoisotopic (exact) mass is 360 g/mol. The van der Waals surface area contributed by atoms with Gasteiger partial charge >= 0.3 is 0 Å². The van der Waals surface area contributed by atoms with Crippen LogP contribution in [0.1, 0.15) is 15.9 Å². The Bertz CT molecular complexity index is 894. The molecule has 0 spiro atoms. The summed E-state index contributed by atoms with van der Waals surface area (Å²) in [5.41, 5.74) is 7.85. The number of hydrogen-bond donors (Lipinski definition) is 1. The molecule has 1 atom stereocenters. The van der Waals surface area contributed by atoms with E-state index in [0.717, 1.165) is 0 Å². The van der Waals surface area contributed by atoms with Gasteiger partial charge in [-0.2, -0.15) is 0 Å². The molecule has 2 aromatic carbocycles. The number of halogens is 2. The maximum atomic E-state index is 13.0. The van der Waals surface area contributed by atoms with E-state index in [4.69, 9.17) is 28.7 Å². The predicted octanol–water partition coefficient (Wildman–Crippen LogP) is 4.42. The number of nitrogens with zero attached hydrogens (tertiary/aromatic N) is 3. The number of anilines is 1. The Balaban J connectivity index is 2.20. The highest BCUT2D eigenvalue weighted by Gasteiger charge is 2.50. The Morgan fingerprint density at radius 2 is 1.75 bits per heavy atom. The highest BCUT2D eigenvalue weighted by Crippen LogP contribution is 2.40. The molecule has 6 nitrogen and oxygen atoms in total. The van der Waals surface area contributed by atoms with Crippen LogP contribution in [0.3, 0.4) is 0 Å². The highest BCUT2D eigenvalue weighted by atomic mass is 35.5. The number of azide groups is 1. The van der Waals surface area contributed by atoms with E-state index >= 15 is 0 Å².